The number of para-hydroxylation sites is 1. The molecule has 0 saturated carbocycles. The number of carbonyl (C=O) groups is 1. The minimum Gasteiger partial charge on any atom is -0.331 e. The molecule has 6 heteroatoms. The molecular weight excluding hydrogens is 380 g/mol. The van der Waals surface area contributed by atoms with Crippen LogP contribution < -0.4 is 0 Å². The molecule has 4 rings (SSSR count). The van der Waals surface area contributed by atoms with Crippen LogP contribution in [0, 0.1) is 0 Å². The summed E-state index contributed by atoms with van der Waals surface area (Å²) in [6.07, 6.45) is 3.72. The van der Waals surface area contributed by atoms with E-state index < -0.39 is 0 Å². The van der Waals surface area contributed by atoms with Gasteiger partial charge in [0.05, 0.1) is 11.9 Å². The molecule has 0 unspecified atom stereocenters. The fraction of sp³-hybridized carbons (Fsp3) is 0.174. The van der Waals surface area contributed by atoms with E-state index in [-0.39, 0.29) is 11.9 Å². The van der Waals surface area contributed by atoms with Crippen LogP contribution in [-0.2, 0) is 6.54 Å². The lowest BCUT2D eigenvalue weighted by Gasteiger charge is -2.26. The zero-order valence-corrected chi connectivity index (χ0v) is 17.2. The molecule has 0 atom stereocenters. The highest BCUT2D eigenvalue weighted by Gasteiger charge is 2.22. The monoisotopic (exact) mass is 402 g/mol. The van der Waals surface area contributed by atoms with Gasteiger partial charge >= 0.3 is 0 Å². The predicted octanol–water partition coefficient (Wildman–Crippen LogP) is 5.05. The lowest BCUT2D eigenvalue weighted by molar-refractivity contribution is 0.0685. The molecule has 4 aromatic rings. The van der Waals surface area contributed by atoms with E-state index in [4.69, 9.17) is 0 Å². The minimum atomic E-state index is -0.0539. The van der Waals surface area contributed by atoms with Crippen molar-refractivity contribution in [3.05, 3.63) is 89.7 Å². The van der Waals surface area contributed by atoms with Crippen molar-refractivity contribution >= 4 is 17.2 Å². The highest BCUT2D eigenvalue weighted by atomic mass is 32.1. The second-order valence-corrected chi connectivity index (χ2v) is 7.92. The molecule has 2 heterocycles. The van der Waals surface area contributed by atoms with Gasteiger partial charge in [0.15, 0.2) is 0 Å². The van der Waals surface area contributed by atoms with Crippen molar-refractivity contribution in [3.63, 3.8) is 0 Å². The summed E-state index contributed by atoms with van der Waals surface area (Å²) < 4.78 is 1.81. The second kappa shape index (κ2) is 8.41. The maximum atomic E-state index is 13.1. The Morgan fingerprint density at radius 1 is 1.07 bits per heavy atom. The zero-order valence-electron chi connectivity index (χ0n) is 16.4. The molecule has 0 radical (unpaired) electrons. The number of amides is 1. The molecule has 0 fully saturated rings. The third-order valence-corrected chi connectivity index (χ3v) is 5.54. The average Bonchev–Trinajstić information content (AvgIpc) is 3.42. The molecular formula is C23H22N4OS. The van der Waals surface area contributed by atoms with Crippen molar-refractivity contribution in [1.82, 2.24) is 19.7 Å². The molecule has 0 saturated heterocycles. The SMILES string of the molecule is CC(C)N(Cc1ccccc1)C(=O)c1csc(-c2cnn(-c3ccccc3)c2)n1. The van der Waals surface area contributed by atoms with Crippen molar-refractivity contribution in [1.29, 1.82) is 0 Å². The Labute approximate surface area is 174 Å². The highest BCUT2D eigenvalue weighted by molar-refractivity contribution is 7.13. The highest BCUT2D eigenvalue weighted by Crippen LogP contribution is 2.25. The maximum absolute atomic E-state index is 13.1. The van der Waals surface area contributed by atoms with Gasteiger partial charge in [0.1, 0.15) is 10.7 Å². The summed E-state index contributed by atoms with van der Waals surface area (Å²) in [6.45, 7) is 4.62. The Hall–Kier alpha value is -3.25. The average molecular weight is 403 g/mol. The Bertz CT molecular complexity index is 1090. The van der Waals surface area contributed by atoms with Gasteiger partial charge in [-0.15, -0.1) is 11.3 Å². The summed E-state index contributed by atoms with van der Waals surface area (Å²) in [5.41, 5.74) is 3.47. The number of rotatable bonds is 6. The fourth-order valence-corrected chi connectivity index (χ4v) is 3.85. The first-order chi connectivity index (χ1) is 14.1. The number of nitrogens with zero attached hydrogens (tertiary/aromatic N) is 4. The number of benzene rings is 2. The smallest absolute Gasteiger partial charge is 0.273 e. The van der Waals surface area contributed by atoms with Gasteiger partial charge in [0.2, 0.25) is 0 Å². The first kappa shape index (κ1) is 19.1. The van der Waals surface area contributed by atoms with Crippen molar-refractivity contribution in [2.75, 3.05) is 0 Å². The largest absolute Gasteiger partial charge is 0.331 e. The Balaban J connectivity index is 1.55. The van der Waals surface area contributed by atoms with Crippen LogP contribution in [0.25, 0.3) is 16.3 Å². The molecule has 2 aromatic carbocycles. The van der Waals surface area contributed by atoms with E-state index in [1.807, 2.05) is 95.7 Å². The van der Waals surface area contributed by atoms with E-state index in [9.17, 15) is 4.79 Å². The zero-order chi connectivity index (χ0) is 20.2. The predicted molar refractivity (Wildman–Crippen MR) is 116 cm³/mol. The number of carbonyl (C=O) groups excluding carboxylic acids is 1. The van der Waals surface area contributed by atoms with Crippen molar-refractivity contribution in [2.24, 2.45) is 0 Å². The molecule has 2 aromatic heterocycles. The van der Waals surface area contributed by atoms with Gasteiger partial charge in [-0.05, 0) is 31.5 Å². The number of hydrogen-bond acceptors (Lipinski definition) is 4. The normalized spacial score (nSPS) is 11.0. The van der Waals surface area contributed by atoms with E-state index in [2.05, 4.69) is 10.1 Å². The Kier molecular flexibility index (Phi) is 5.53. The first-order valence-corrected chi connectivity index (χ1v) is 10.4. The fourth-order valence-electron chi connectivity index (χ4n) is 3.08. The Morgan fingerprint density at radius 3 is 2.45 bits per heavy atom. The third kappa shape index (κ3) is 4.27. The molecule has 1 amide bonds. The standard InChI is InChI=1S/C23H22N4OS/c1-17(2)26(14-18-9-5-3-6-10-18)23(28)21-16-29-22(25-21)19-13-24-27(15-19)20-11-7-4-8-12-20/h3-13,15-17H,14H2,1-2H3. The summed E-state index contributed by atoms with van der Waals surface area (Å²) in [7, 11) is 0. The lowest BCUT2D eigenvalue weighted by Crippen LogP contribution is -2.36. The van der Waals surface area contributed by atoms with E-state index in [0.29, 0.717) is 12.2 Å². The van der Waals surface area contributed by atoms with Crippen LogP contribution in [0.5, 0.6) is 0 Å². The van der Waals surface area contributed by atoms with Crippen LogP contribution >= 0.6 is 11.3 Å². The van der Waals surface area contributed by atoms with Gasteiger partial charge in [0, 0.05) is 29.7 Å². The van der Waals surface area contributed by atoms with Gasteiger partial charge in [0.25, 0.3) is 5.91 Å². The number of thiazole rings is 1. The Morgan fingerprint density at radius 2 is 1.76 bits per heavy atom. The van der Waals surface area contributed by atoms with Gasteiger partial charge in [-0.1, -0.05) is 48.5 Å². The maximum Gasteiger partial charge on any atom is 0.273 e. The third-order valence-electron chi connectivity index (χ3n) is 4.65. The summed E-state index contributed by atoms with van der Waals surface area (Å²) in [5.74, 6) is -0.0539. The molecule has 0 N–H and O–H groups in total. The first-order valence-electron chi connectivity index (χ1n) is 9.52. The van der Waals surface area contributed by atoms with Crippen LogP contribution in [0.1, 0.15) is 29.9 Å². The summed E-state index contributed by atoms with van der Waals surface area (Å²) in [5, 5.41) is 7.05. The lowest BCUT2D eigenvalue weighted by atomic mass is 10.2. The molecule has 0 aliphatic rings. The summed E-state index contributed by atoms with van der Waals surface area (Å²) in [6, 6.07) is 20.0. The molecule has 0 aliphatic carbocycles. The summed E-state index contributed by atoms with van der Waals surface area (Å²) >= 11 is 1.46. The molecule has 0 aliphatic heterocycles. The van der Waals surface area contributed by atoms with Crippen molar-refractivity contribution in [3.8, 4) is 16.3 Å². The van der Waals surface area contributed by atoms with Gasteiger partial charge in [-0.3, -0.25) is 4.79 Å². The van der Waals surface area contributed by atoms with Gasteiger partial charge in [-0.25, -0.2) is 9.67 Å². The van der Waals surface area contributed by atoms with Crippen LogP contribution in [0.3, 0.4) is 0 Å². The van der Waals surface area contributed by atoms with Crippen LogP contribution in [-0.4, -0.2) is 31.6 Å². The van der Waals surface area contributed by atoms with Crippen molar-refractivity contribution in [2.45, 2.75) is 26.4 Å². The summed E-state index contributed by atoms with van der Waals surface area (Å²) in [4.78, 5) is 19.6. The molecule has 5 nitrogen and oxygen atoms in total. The second-order valence-electron chi connectivity index (χ2n) is 7.06. The minimum absolute atomic E-state index is 0.0539. The van der Waals surface area contributed by atoms with Gasteiger partial charge in [-0.2, -0.15) is 5.10 Å². The quantitative estimate of drug-likeness (QED) is 0.454. The van der Waals surface area contributed by atoms with Gasteiger partial charge < -0.3 is 4.90 Å². The van der Waals surface area contributed by atoms with E-state index in [1.54, 1.807) is 6.20 Å². The molecule has 0 bridgehead atoms. The number of hydrogen-bond donors (Lipinski definition) is 0. The van der Waals surface area contributed by atoms with Crippen LogP contribution in [0.4, 0.5) is 0 Å². The van der Waals surface area contributed by atoms with Crippen molar-refractivity contribution < 1.29 is 4.79 Å². The van der Waals surface area contributed by atoms with Crippen LogP contribution in [0.2, 0.25) is 0 Å². The number of aromatic nitrogens is 3. The van der Waals surface area contributed by atoms with Crippen LogP contribution in [0.15, 0.2) is 78.4 Å². The van der Waals surface area contributed by atoms with E-state index in [1.165, 1.54) is 11.3 Å². The molecule has 0 spiro atoms. The molecule has 29 heavy (non-hydrogen) atoms. The van der Waals surface area contributed by atoms with E-state index in [0.717, 1.165) is 21.8 Å². The topological polar surface area (TPSA) is 51.0 Å². The van der Waals surface area contributed by atoms with E-state index >= 15 is 0 Å². The molecule has 146 valence electrons.